The summed E-state index contributed by atoms with van der Waals surface area (Å²) in [5, 5.41) is 21.0. The van der Waals surface area contributed by atoms with Gasteiger partial charge in [0.1, 0.15) is 0 Å². The molecule has 0 amide bonds. The minimum Gasteiger partial charge on any atom is -0.478 e. The lowest BCUT2D eigenvalue weighted by Gasteiger charge is -2.35. The Bertz CT molecular complexity index is 1240. The second-order valence-electron chi connectivity index (χ2n) is 11.8. The number of rotatable bonds is 9. The number of nitrogens with zero attached hydrogens (tertiary/aromatic N) is 3. The van der Waals surface area contributed by atoms with E-state index in [0.717, 1.165) is 71.0 Å². The van der Waals surface area contributed by atoms with Crippen LogP contribution in [0.3, 0.4) is 0 Å². The predicted octanol–water partition coefficient (Wildman–Crippen LogP) is 4.68. The third-order valence-corrected chi connectivity index (χ3v) is 10.1. The first-order valence-corrected chi connectivity index (χ1v) is 20.4. The van der Waals surface area contributed by atoms with Crippen LogP contribution in [0.15, 0.2) is 48.5 Å². The van der Waals surface area contributed by atoms with Crippen molar-refractivity contribution in [2.24, 2.45) is 0 Å². The fourth-order valence-electron chi connectivity index (χ4n) is 4.46. The number of halogens is 1. The smallest absolute Gasteiger partial charge is 0.335 e. The molecule has 0 unspecified atom stereocenters. The van der Waals surface area contributed by atoms with Crippen molar-refractivity contribution in [2.45, 2.75) is 13.1 Å². The standard InChI is InChI=1S/C15H23N2O3P.C12H16N2O2.C3H8ClOP/c1-21(2,20)12-17-9-7-16(8-10-17)11-13-3-5-14(6-4-13)15(18)19;15-12(16)11-3-1-10(2-4-11)9-14-7-5-13-6-8-14;1-6(2,5)3-4/h3-6H,7-12H2,1-2H3,(H,18,19);1-4,13H,5-9H2,(H,15,16);3H2,1-2H3. The second kappa shape index (κ2) is 18.1. The molecule has 240 valence electrons. The van der Waals surface area contributed by atoms with Gasteiger partial charge in [0, 0.05) is 65.4 Å². The quantitative estimate of drug-likeness (QED) is 0.258. The average molecular weight is 657 g/mol. The number of benzene rings is 2. The van der Waals surface area contributed by atoms with E-state index in [1.54, 1.807) is 37.6 Å². The van der Waals surface area contributed by atoms with E-state index in [4.69, 9.17) is 21.8 Å². The number of alkyl halides is 1. The van der Waals surface area contributed by atoms with Gasteiger partial charge >= 0.3 is 11.9 Å². The van der Waals surface area contributed by atoms with E-state index in [1.807, 2.05) is 37.6 Å². The van der Waals surface area contributed by atoms with Crippen LogP contribution in [0.1, 0.15) is 31.8 Å². The lowest BCUT2D eigenvalue weighted by atomic mass is 10.1. The maximum Gasteiger partial charge on any atom is 0.335 e. The number of carboxylic acids is 2. The number of aromatic carboxylic acids is 2. The Morgan fingerprint density at radius 3 is 1.35 bits per heavy atom. The van der Waals surface area contributed by atoms with Gasteiger partial charge in [-0.05, 0) is 62.1 Å². The van der Waals surface area contributed by atoms with Crippen LogP contribution in [0.2, 0.25) is 0 Å². The zero-order chi connectivity index (χ0) is 32.0. The summed E-state index contributed by atoms with van der Waals surface area (Å²) in [5.74, 6) is -1.76. The van der Waals surface area contributed by atoms with E-state index < -0.39 is 26.2 Å². The number of hydrogen-bond acceptors (Lipinski definition) is 8. The van der Waals surface area contributed by atoms with Gasteiger partial charge in [-0.1, -0.05) is 24.3 Å². The normalized spacial score (nSPS) is 16.8. The molecule has 2 aromatic rings. The lowest BCUT2D eigenvalue weighted by molar-refractivity contribution is 0.0686. The zero-order valence-corrected chi connectivity index (χ0v) is 28.3. The minimum absolute atomic E-state index is 0.299. The van der Waals surface area contributed by atoms with Crippen LogP contribution < -0.4 is 5.32 Å². The second-order valence-corrected chi connectivity index (χ2v) is 19.4. The van der Waals surface area contributed by atoms with Gasteiger partial charge in [-0.3, -0.25) is 14.7 Å². The van der Waals surface area contributed by atoms with Crippen LogP contribution in [0, 0.1) is 0 Å². The van der Waals surface area contributed by atoms with Crippen LogP contribution in [-0.4, -0.2) is 128 Å². The first kappa shape index (κ1) is 37.2. The SMILES string of the molecule is CP(C)(=O)CCl.CP(C)(=O)CN1CCN(Cc2ccc(C(=O)O)cc2)CC1.O=C(O)c1ccc(CN2CCNCC2)cc1. The van der Waals surface area contributed by atoms with E-state index in [-0.39, 0.29) is 0 Å². The highest BCUT2D eigenvalue weighted by atomic mass is 35.5. The molecule has 2 saturated heterocycles. The summed E-state index contributed by atoms with van der Waals surface area (Å²) in [7, 11) is -3.86. The summed E-state index contributed by atoms with van der Waals surface area (Å²) in [4.78, 5) is 28.5. The number of carbonyl (C=O) groups is 2. The molecule has 4 rings (SSSR count). The summed E-state index contributed by atoms with van der Waals surface area (Å²) in [5.41, 5.74) is 3.28. The molecule has 0 aliphatic carbocycles. The van der Waals surface area contributed by atoms with E-state index >= 15 is 0 Å². The molecule has 43 heavy (non-hydrogen) atoms. The molecule has 0 aromatic heterocycles. The average Bonchev–Trinajstić information content (AvgIpc) is 2.95. The van der Waals surface area contributed by atoms with Crippen LogP contribution in [0.5, 0.6) is 0 Å². The van der Waals surface area contributed by atoms with Crippen LogP contribution in [-0.2, 0) is 22.2 Å². The van der Waals surface area contributed by atoms with Crippen molar-refractivity contribution < 1.29 is 28.9 Å². The minimum atomic E-state index is -1.98. The molecular formula is C30H47ClN4O6P2. The van der Waals surface area contributed by atoms with Gasteiger partial charge in [0.25, 0.3) is 0 Å². The summed E-state index contributed by atoms with van der Waals surface area (Å²) < 4.78 is 22.3. The van der Waals surface area contributed by atoms with Crippen molar-refractivity contribution in [3.8, 4) is 0 Å². The fraction of sp³-hybridized carbons (Fsp3) is 0.533. The first-order valence-electron chi connectivity index (χ1n) is 14.3. The molecule has 2 aliphatic heterocycles. The Balaban J connectivity index is 0.000000259. The Morgan fingerprint density at radius 1 is 0.674 bits per heavy atom. The van der Waals surface area contributed by atoms with Crippen molar-refractivity contribution in [2.75, 3.05) is 90.9 Å². The van der Waals surface area contributed by atoms with Gasteiger partial charge in [-0.25, -0.2) is 9.59 Å². The van der Waals surface area contributed by atoms with Crippen LogP contribution in [0.4, 0.5) is 0 Å². The molecule has 2 heterocycles. The van der Waals surface area contributed by atoms with E-state index in [2.05, 4.69) is 20.0 Å². The third-order valence-electron chi connectivity index (χ3n) is 6.72. The van der Waals surface area contributed by atoms with Crippen molar-refractivity contribution in [1.29, 1.82) is 0 Å². The first-order chi connectivity index (χ1) is 20.1. The number of piperazine rings is 2. The van der Waals surface area contributed by atoms with Gasteiger partial charge in [-0.15, -0.1) is 11.6 Å². The van der Waals surface area contributed by atoms with Crippen molar-refractivity contribution in [3.05, 3.63) is 70.8 Å². The van der Waals surface area contributed by atoms with Crippen LogP contribution in [0.25, 0.3) is 0 Å². The summed E-state index contributed by atoms with van der Waals surface area (Å²) in [6, 6.07) is 14.2. The molecule has 3 N–H and O–H groups in total. The number of carboxylic acid groups (broad SMARTS) is 2. The van der Waals surface area contributed by atoms with Gasteiger partial charge in [0.15, 0.2) is 0 Å². The Hall–Kier alpha value is -2.03. The van der Waals surface area contributed by atoms with Gasteiger partial charge in [0.05, 0.1) is 37.3 Å². The molecule has 10 nitrogen and oxygen atoms in total. The number of nitrogens with one attached hydrogen (secondary N) is 1. The van der Waals surface area contributed by atoms with E-state index in [0.29, 0.717) is 23.0 Å². The van der Waals surface area contributed by atoms with E-state index in [9.17, 15) is 18.7 Å². The third kappa shape index (κ3) is 16.0. The Morgan fingerprint density at radius 2 is 1.02 bits per heavy atom. The predicted molar refractivity (Wildman–Crippen MR) is 176 cm³/mol. The zero-order valence-electron chi connectivity index (χ0n) is 25.7. The molecule has 0 bridgehead atoms. The highest BCUT2D eigenvalue weighted by molar-refractivity contribution is 7.63. The molecule has 0 radical (unpaired) electrons. The molecular weight excluding hydrogens is 610 g/mol. The maximum absolute atomic E-state index is 11.8. The summed E-state index contributed by atoms with van der Waals surface area (Å²) >= 11 is 5.21. The van der Waals surface area contributed by atoms with E-state index in [1.165, 1.54) is 5.56 Å². The van der Waals surface area contributed by atoms with Gasteiger partial charge in [0.2, 0.25) is 0 Å². The lowest BCUT2D eigenvalue weighted by Crippen LogP contribution is -2.45. The van der Waals surface area contributed by atoms with Crippen molar-refractivity contribution in [3.63, 3.8) is 0 Å². The highest BCUT2D eigenvalue weighted by Gasteiger charge is 2.20. The fourth-order valence-corrected chi connectivity index (χ4v) is 5.71. The molecule has 0 spiro atoms. The monoisotopic (exact) mass is 656 g/mol. The Kier molecular flexibility index (Phi) is 15.6. The molecule has 2 aliphatic rings. The largest absolute Gasteiger partial charge is 0.478 e. The molecule has 0 atom stereocenters. The molecule has 2 aromatic carbocycles. The topological polar surface area (TPSA) is 130 Å². The maximum atomic E-state index is 11.8. The molecule has 2 fully saturated rings. The van der Waals surface area contributed by atoms with Gasteiger partial charge < -0.3 is 24.7 Å². The van der Waals surface area contributed by atoms with Crippen molar-refractivity contribution >= 4 is 37.8 Å². The molecule has 0 saturated carbocycles. The number of hydrogen-bond donors (Lipinski definition) is 3. The van der Waals surface area contributed by atoms with Crippen LogP contribution >= 0.6 is 25.9 Å². The summed E-state index contributed by atoms with van der Waals surface area (Å²) in [6.45, 7) is 16.7. The Labute approximate surface area is 261 Å². The van der Waals surface area contributed by atoms with Crippen molar-refractivity contribution in [1.82, 2.24) is 20.0 Å². The highest BCUT2D eigenvalue weighted by Crippen LogP contribution is 2.37. The van der Waals surface area contributed by atoms with Gasteiger partial charge in [-0.2, -0.15) is 0 Å². The molecule has 13 heteroatoms. The summed E-state index contributed by atoms with van der Waals surface area (Å²) in [6.07, 6.45) is 0.703.